The maximum Gasteiger partial charge on any atom is 0.127 e. The first kappa shape index (κ1) is 13.9. The SMILES string of the molecule is CCCNCc1cc(F)cc(OCCOC)c1. The van der Waals surface area contributed by atoms with Gasteiger partial charge in [0.25, 0.3) is 0 Å². The molecule has 0 amide bonds. The molecule has 0 saturated carbocycles. The lowest BCUT2D eigenvalue weighted by Crippen LogP contribution is -2.14. The van der Waals surface area contributed by atoms with Gasteiger partial charge in [0.05, 0.1) is 6.61 Å². The van der Waals surface area contributed by atoms with Crippen molar-refractivity contribution < 1.29 is 13.9 Å². The molecule has 96 valence electrons. The molecule has 0 aliphatic rings. The van der Waals surface area contributed by atoms with Gasteiger partial charge in [-0.1, -0.05) is 6.92 Å². The predicted octanol–water partition coefficient (Wildman–Crippen LogP) is 2.35. The molecule has 0 aliphatic heterocycles. The van der Waals surface area contributed by atoms with Gasteiger partial charge in [0.2, 0.25) is 0 Å². The van der Waals surface area contributed by atoms with Gasteiger partial charge in [-0.2, -0.15) is 0 Å². The molecule has 0 radical (unpaired) electrons. The molecule has 0 atom stereocenters. The average Bonchev–Trinajstić information content (AvgIpc) is 2.29. The van der Waals surface area contributed by atoms with Crippen molar-refractivity contribution >= 4 is 0 Å². The highest BCUT2D eigenvalue weighted by molar-refractivity contribution is 5.29. The molecule has 0 saturated heterocycles. The zero-order valence-electron chi connectivity index (χ0n) is 10.5. The molecular formula is C13H20FNO2. The van der Waals surface area contributed by atoms with Crippen molar-refractivity contribution in [3.63, 3.8) is 0 Å². The maximum atomic E-state index is 13.3. The van der Waals surface area contributed by atoms with Crippen molar-refractivity contribution in [2.45, 2.75) is 19.9 Å². The normalized spacial score (nSPS) is 10.5. The summed E-state index contributed by atoms with van der Waals surface area (Å²) >= 11 is 0. The maximum absolute atomic E-state index is 13.3. The summed E-state index contributed by atoms with van der Waals surface area (Å²) in [5.41, 5.74) is 0.894. The molecule has 0 aromatic heterocycles. The molecule has 3 nitrogen and oxygen atoms in total. The van der Waals surface area contributed by atoms with E-state index in [0.717, 1.165) is 18.5 Å². The number of methoxy groups -OCH3 is 1. The number of halogens is 1. The average molecular weight is 241 g/mol. The molecular weight excluding hydrogens is 221 g/mol. The summed E-state index contributed by atoms with van der Waals surface area (Å²) in [7, 11) is 1.61. The van der Waals surface area contributed by atoms with Crippen LogP contribution in [0.25, 0.3) is 0 Å². The summed E-state index contributed by atoms with van der Waals surface area (Å²) in [5, 5.41) is 3.23. The Kier molecular flexibility index (Phi) is 6.58. The zero-order chi connectivity index (χ0) is 12.5. The van der Waals surface area contributed by atoms with Gasteiger partial charge in [-0.3, -0.25) is 0 Å². The third-order valence-electron chi connectivity index (χ3n) is 2.24. The molecule has 1 aromatic rings. The van der Waals surface area contributed by atoms with Crippen LogP contribution in [0.2, 0.25) is 0 Å². The Bertz CT molecular complexity index is 303. The van der Waals surface area contributed by atoms with Crippen molar-refractivity contribution in [3.05, 3.63) is 29.6 Å². The van der Waals surface area contributed by atoms with Crippen LogP contribution in [0.5, 0.6) is 5.75 Å². The molecule has 0 unspecified atom stereocenters. The van der Waals surface area contributed by atoms with Crippen LogP contribution in [0, 0.1) is 5.82 Å². The number of benzene rings is 1. The second-order valence-corrected chi connectivity index (χ2v) is 3.81. The highest BCUT2D eigenvalue weighted by atomic mass is 19.1. The third kappa shape index (κ3) is 5.65. The lowest BCUT2D eigenvalue weighted by Gasteiger charge is -2.09. The minimum absolute atomic E-state index is 0.270. The summed E-state index contributed by atoms with van der Waals surface area (Å²) in [5.74, 6) is 0.281. The van der Waals surface area contributed by atoms with E-state index in [9.17, 15) is 4.39 Å². The van der Waals surface area contributed by atoms with Crippen LogP contribution in [0.15, 0.2) is 18.2 Å². The van der Waals surface area contributed by atoms with E-state index < -0.39 is 0 Å². The zero-order valence-corrected chi connectivity index (χ0v) is 10.5. The Morgan fingerprint density at radius 2 is 2.06 bits per heavy atom. The lowest BCUT2D eigenvalue weighted by atomic mass is 10.2. The first-order valence-corrected chi connectivity index (χ1v) is 5.88. The topological polar surface area (TPSA) is 30.5 Å². The van der Waals surface area contributed by atoms with Crippen LogP contribution in [0.1, 0.15) is 18.9 Å². The second kappa shape index (κ2) is 8.03. The molecule has 0 bridgehead atoms. The summed E-state index contributed by atoms with van der Waals surface area (Å²) in [6.45, 7) is 4.61. The van der Waals surface area contributed by atoms with E-state index in [-0.39, 0.29) is 5.82 Å². The smallest absolute Gasteiger partial charge is 0.127 e. The van der Waals surface area contributed by atoms with Crippen LogP contribution in [-0.4, -0.2) is 26.9 Å². The van der Waals surface area contributed by atoms with Gasteiger partial charge in [0.1, 0.15) is 18.2 Å². The van der Waals surface area contributed by atoms with Crippen molar-refractivity contribution in [1.29, 1.82) is 0 Å². The second-order valence-electron chi connectivity index (χ2n) is 3.81. The summed E-state index contributed by atoms with van der Waals surface area (Å²) < 4.78 is 23.6. The Hall–Kier alpha value is -1.13. The molecule has 1 rings (SSSR count). The van der Waals surface area contributed by atoms with Crippen LogP contribution in [0.4, 0.5) is 4.39 Å². The van der Waals surface area contributed by atoms with Gasteiger partial charge in [-0.25, -0.2) is 4.39 Å². The molecule has 4 heteroatoms. The number of rotatable bonds is 8. The first-order valence-electron chi connectivity index (χ1n) is 5.88. The fourth-order valence-electron chi connectivity index (χ4n) is 1.46. The van der Waals surface area contributed by atoms with Gasteiger partial charge in [0.15, 0.2) is 0 Å². The fourth-order valence-corrected chi connectivity index (χ4v) is 1.46. The van der Waals surface area contributed by atoms with Crippen LogP contribution in [-0.2, 0) is 11.3 Å². The van der Waals surface area contributed by atoms with E-state index in [1.165, 1.54) is 12.1 Å². The minimum atomic E-state index is -0.270. The molecule has 0 spiro atoms. The molecule has 1 aromatic carbocycles. The Morgan fingerprint density at radius 3 is 2.76 bits per heavy atom. The largest absolute Gasteiger partial charge is 0.491 e. The molecule has 0 heterocycles. The number of ether oxygens (including phenoxy) is 2. The summed E-state index contributed by atoms with van der Waals surface area (Å²) in [6, 6.07) is 4.76. The van der Waals surface area contributed by atoms with Gasteiger partial charge in [-0.05, 0) is 30.7 Å². The monoisotopic (exact) mass is 241 g/mol. The van der Waals surface area contributed by atoms with Crippen molar-refractivity contribution in [2.24, 2.45) is 0 Å². The Labute approximate surface area is 102 Å². The van der Waals surface area contributed by atoms with Crippen LogP contribution in [0.3, 0.4) is 0 Å². The van der Waals surface area contributed by atoms with E-state index in [1.807, 2.05) is 6.07 Å². The molecule has 0 fully saturated rings. The fraction of sp³-hybridized carbons (Fsp3) is 0.538. The van der Waals surface area contributed by atoms with Crippen molar-refractivity contribution in [3.8, 4) is 5.75 Å². The standard InChI is InChI=1S/C13H20FNO2/c1-3-4-15-10-11-7-12(14)9-13(8-11)17-6-5-16-2/h7-9,15H,3-6,10H2,1-2H3. The van der Waals surface area contributed by atoms with Crippen molar-refractivity contribution in [2.75, 3.05) is 26.9 Å². The predicted molar refractivity (Wildman–Crippen MR) is 65.8 cm³/mol. The van der Waals surface area contributed by atoms with E-state index in [4.69, 9.17) is 9.47 Å². The highest BCUT2D eigenvalue weighted by Crippen LogP contribution is 2.16. The molecule has 17 heavy (non-hydrogen) atoms. The van der Waals surface area contributed by atoms with Crippen LogP contribution >= 0.6 is 0 Å². The minimum Gasteiger partial charge on any atom is -0.491 e. The Morgan fingerprint density at radius 1 is 1.24 bits per heavy atom. The van der Waals surface area contributed by atoms with E-state index >= 15 is 0 Å². The number of nitrogens with one attached hydrogen (secondary N) is 1. The van der Waals surface area contributed by atoms with Gasteiger partial charge in [-0.15, -0.1) is 0 Å². The lowest BCUT2D eigenvalue weighted by molar-refractivity contribution is 0.146. The summed E-state index contributed by atoms with van der Waals surface area (Å²) in [6.07, 6.45) is 1.06. The highest BCUT2D eigenvalue weighted by Gasteiger charge is 2.01. The number of hydrogen-bond acceptors (Lipinski definition) is 3. The molecule has 1 N–H and O–H groups in total. The van der Waals surface area contributed by atoms with E-state index in [0.29, 0.717) is 25.5 Å². The van der Waals surface area contributed by atoms with E-state index in [1.54, 1.807) is 7.11 Å². The number of hydrogen-bond donors (Lipinski definition) is 1. The quantitative estimate of drug-likeness (QED) is 0.709. The summed E-state index contributed by atoms with van der Waals surface area (Å²) in [4.78, 5) is 0. The van der Waals surface area contributed by atoms with Crippen LogP contribution < -0.4 is 10.1 Å². The molecule has 0 aliphatic carbocycles. The third-order valence-corrected chi connectivity index (χ3v) is 2.24. The first-order chi connectivity index (χ1) is 8.26. The van der Waals surface area contributed by atoms with E-state index in [2.05, 4.69) is 12.2 Å². The Balaban J connectivity index is 2.53. The van der Waals surface area contributed by atoms with Gasteiger partial charge >= 0.3 is 0 Å². The van der Waals surface area contributed by atoms with Gasteiger partial charge in [0, 0.05) is 19.7 Å². The van der Waals surface area contributed by atoms with Crippen molar-refractivity contribution in [1.82, 2.24) is 5.32 Å². The van der Waals surface area contributed by atoms with Gasteiger partial charge < -0.3 is 14.8 Å².